The van der Waals surface area contributed by atoms with Crippen molar-refractivity contribution in [3.8, 4) is 5.75 Å². The van der Waals surface area contributed by atoms with E-state index in [1.807, 2.05) is 0 Å². The first-order chi connectivity index (χ1) is 9.85. The highest BCUT2D eigenvalue weighted by molar-refractivity contribution is 5.40. The third-order valence-corrected chi connectivity index (χ3v) is 3.57. The summed E-state index contributed by atoms with van der Waals surface area (Å²) < 4.78 is 16.0. The van der Waals surface area contributed by atoms with E-state index in [2.05, 4.69) is 30.4 Å². The largest absolute Gasteiger partial charge is 0.491 e. The maximum absolute atomic E-state index is 5.72. The van der Waals surface area contributed by atoms with Gasteiger partial charge in [0.05, 0.1) is 19.8 Å². The molecule has 1 aromatic carbocycles. The molecule has 112 valence electrons. The predicted molar refractivity (Wildman–Crippen MR) is 79.4 cm³/mol. The summed E-state index contributed by atoms with van der Waals surface area (Å²) in [7, 11) is 1.67. The van der Waals surface area contributed by atoms with Gasteiger partial charge in [-0.25, -0.2) is 0 Å². The minimum absolute atomic E-state index is 0.515. The molecule has 0 saturated heterocycles. The van der Waals surface area contributed by atoms with Crippen molar-refractivity contribution in [3.63, 3.8) is 0 Å². The number of aryl methyl sites for hydroxylation is 1. The molecule has 0 radical (unpaired) electrons. The maximum atomic E-state index is 5.72. The Hall–Kier alpha value is -1.10. The fourth-order valence-corrected chi connectivity index (χ4v) is 2.60. The molecule has 0 bridgehead atoms. The zero-order valence-electron chi connectivity index (χ0n) is 12.5. The van der Waals surface area contributed by atoms with Gasteiger partial charge in [-0.3, -0.25) is 0 Å². The van der Waals surface area contributed by atoms with Crippen molar-refractivity contribution in [1.29, 1.82) is 0 Å². The quantitative estimate of drug-likeness (QED) is 0.704. The van der Waals surface area contributed by atoms with Gasteiger partial charge in [-0.1, -0.05) is 13.0 Å². The molecule has 4 nitrogen and oxygen atoms in total. The zero-order valence-corrected chi connectivity index (χ0v) is 12.5. The maximum Gasteiger partial charge on any atom is 0.119 e. The molecule has 0 saturated carbocycles. The SMILES string of the molecule is CCNC1CCc2cc(OCCOCCOC)ccc21. The third kappa shape index (κ3) is 4.20. The summed E-state index contributed by atoms with van der Waals surface area (Å²) in [5.41, 5.74) is 2.84. The van der Waals surface area contributed by atoms with Crippen LogP contribution in [0.2, 0.25) is 0 Å². The topological polar surface area (TPSA) is 39.7 Å². The molecule has 1 atom stereocenters. The van der Waals surface area contributed by atoms with E-state index in [4.69, 9.17) is 14.2 Å². The summed E-state index contributed by atoms with van der Waals surface area (Å²) in [6.07, 6.45) is 2.32. The summed E-state index contributed by atoms with van der Waals surface area (Å²) in [6.45, 7) is 5.60. The molecular formula is C16H25NO3. The van der Waals surface area contributed by atoms with Gasteiger partial charge in [0, 0.05) is 13.2 Å². The number of hydrogen-bond acceptors (Lipinski definition) is 4. The van der Waals surface area contributed by atoms with Crippen LogP contribution in [0, 0.1) is 0 Å². The van der Waals surface area contributed by atoms with Crippen LogP contribution in [0.25, 0.3) is 0 Å². The lowest BCUT2D eigenvalue weighted by atomic mass is 10.1. The predicted octanol–water partition coefficient (Wildman–Crippen LogP) is 2.33. The molecule has 1 unspecified atom stereocenters. The number of methoxy groups -OCH3 is 1. The van der Waals surface area contributed by atoms with E-state index in [9.17, 15) is 0 Å². The average Bonchev–Trinajstić information content (AvgIpc) is 2.86. The Balaban J connectivity index is 1.77. The van der Waals surface area contributed by atoms with Crippen molar-refractivity contribution in [1.82, 2.24) is 5.32 Å². The number of rotatable bonds is 9. The molecule has 0 aromatic heterocycles. The van der Waals surface area contributed by atoms with Gasteiger partial charge in [-0.05, 0) is 42.6 Å². The monoisotopic (exact) mass is 279 g/mol. The van der Waals surface area contributed by atoms with Crippen molar-refractivity contribution < 1.29 is 14.2 Å². The first-order valence-electron chi connectivity index (χ1n) is 7.40. The Morgan fingerprint density at radius 3 is 2.85 bits per heavy atom. The second-order valence-electron chi connectivity index (χ2n) is 4.96. The van der Waals surface area contributed by atoms with Crippen LogP contribution in [0.15, 0.2) is 18.2 Å². The molecule has 0 spiro atoms. The molecule has 20 heavy (non-hydrogen) atoms. The van der Waals surface area contributed by atoms with Gasteiger partial charge in [0.2, 0.25) is 0 Å². The molecule has 1 aliphatic rings. The number of benzene rings is 1. The average molecular weight is 279 g/mol. The number of nitrogens with one attached hydrogen (secondary N) is 1. The molecule has 0 fully saturated rings. The van der Waals surface area contributed by atoms with Gasteiger partial charge >= 0.3 is 0 Å². The first-order valence-corrected chi connectivity index (χ1v) is 7.40. The van der Waals surface area contributed by atoms with Gasteiger partial charge in [0.1, 0.15) is 12.4 Å². The van der Waals surface area contributed by atoms with Crippen molar-refractivity contribution in [2.24, 2.45) is 0 Å². The Kier molecular flexibility index (Phi) is 6.30. The summed E-state index contributed by atoms with van der Waals surface area (Å²) in [4.78, 5) is 0. The lowest BCUT2D eigenvalue weighted by Gasteiger charge is -2.13. The van der Waals surface area contributed by atoms with E-state index in [0.29, 0.717) is 32.5 Å². The second-order valence-corrected chi connectivity index (χ2v) is 4.96. The van der Waals surface area contributed by atoms with E-state index in [1.54, 1.807) is 7.11 Å². The van der Waals surface area contributed by atoms with Crippen LogP contribution in [-0.4, -0.2) is 40.1 Å². The van der Waals surface area contributed by atoms with Gasteiger partial charge in [0.25, 0.3) is 0 Å². The van der Waals surface area contributed by atoms with Crippen LogP contribution in [-0.2, 0) is 15.9 Å². The Labute approximate surface area is 121 Å². The number of ether oxygens (including phenoxy) is 3. The molecule has 0 amide bonds. The first kappa shape index (κ1) is 15.3. The Morgan fingerprint density at radius 2 is 2.05 bits per heavy atom. The highest BCUT2D eigenvalue weighted by Crippen LogP contribution is 2.33. The zero-order chi connectivity index (χ0) is 14.2. The van der Waals surface area contributed by atoms with E-state index >= 15 is 0 Å². The van der Waals surface area contributed by atoms with Crippen molar-refractivity contribution in [2.75, 3.05) is 40.1 Å². The lowest BCUT2D eigenvalue weighted by Crippen LogP contribution is -2.18. The van der Waals surface area contributed by atoms with Crippen LogP contribution < -0.4 is 10.1 Å². The number of hydrogen-bond donors (Lipinski definition) is 1. The highest BCUT2D eigenvalue weighted by Gasteiger charge is 2.21. The summed E-state index contributed by atoms with van der Waals surface area (Å²) in [5.74, 6) is 0.941. The van der Waals surface area contributed by atoms with Gasteiger partial charge < -0.3 is 19.5 Å². The van der Waals surface area contributed by atoms with E-state index in [0.717, 1.165) is 18.7 Å². The fourth-order valence-electron chi connectivity index (χ4n) is 2.60. The molecule has 1 aliphatic carbocycles. The van der Waals surface area contributed by atoms with Gasteiger partial charge in [-0.2, -0.15) is 0 Å². The van der Waals surface area contributed by atoms with E-state index in [-0.39, 0.29) is 0 Å². The van der Waals surface area contributed by atoms with Crippen LogP contribution in [0.1, 0.15) is 30.5 Å². The summed E-state index contributed by atoms with van der Waals surface area (Å²) in [6, 6.07) is 6.93. The smallest absolute Gasteiger partial charge is 0.119 e. The Morgan fingerprint density at radius 1 is 1.20 bits per heavy atom. The van der Waals surface area contributed by atoms with E-state index < -0.39 is 0 Å². The van der Waals surface area contributed by atoms with E-state index in [1.165, 1.54) is 17.5 Å². The lowest BCUT2D eigenvalue weighted by molar-refractivity contribution is 0.0544. The molecule has 0 heterocycles. The molecule has 2 rings (SSSR count). The normalized spacial score (nSPS) is 17.2. The molecule has 1 aromatic rings. The molecular weight excluding hydrogens is 254 g/mol. The summed E-state index contributed by atoms with van der Waals surface area (Å²) >= 11 is 0. The summed E-state index contributed by atoms with van der Waals surface area (Å²) in [5, 5.41) is 3.52. The standard InChI is InChI=1S/C16H25NO3/c1-3-17-16-7-4-13-12-14(5-6-15(13)16)20-11-10-19-9-8-18-2/h5-6,12,16-17H,3-4,7-11H2,1-2H3. The molecule has 1 N–H and O–H groups in total. The third-order valence-electron chi connectivity index (χ3n) is 3.57. The number of fused-ring (bicyclic) bond motifs is 1. The van der Waals surface area contributed by atoms with Crippen LogP contribution in [0.5, 0.6) is 5.75 Å². The van der Waals surface area contributed by atoms with Gasteiger partial charge in [0.15, 0.2) is 0 Å². The molecule has 4 heteroatoms. The minimum atomic E-state index is 0.515. The van der Waals surface area contributed by atoms with Crippen molar-refractivity contribution in [2.45, 2.75) is 25.8 Å². The van der Waals surface area contributed by atoms with Gasteiger partial charge in [-0.15, -0.1) is 0 Å². The van der Waals surface area contributed by atoms with Crippen molar-refractivity contribution in [3.05, 3.63) is 29.3 Å². The Bertz CT molecular complexity index is 409. The van der Waals surface area contributed by atoms with Crippen LogP contribution in [0.4, 0.5) is 0 Å². The minimum Gasteiger partial charge on any atom is -0.491 e. The second kappa shape index (κ2) is 8.25. The molecule has 0 aliphatic heterocycles. The van der Waals surface area contributed by atoms with Crippen LogP contribution in [0.3, 0.4) is 0 Å². The highest BCUT2D eigenvalue weighted by atomic mass is 16.5. The van der Waals surface area contributed by atoms with Crippen LogP contribution >= 0.6 is 0 Å². The van der Waals surface area contributed by atoms with Crippen molar-refractivity contribution >= 4 is 0 Å². The fraction of sp³-hybridized carbons (Fsp3) is 0.625.